The molecule has 0 aromatic rings. The normalized spacial score (nSPS) is 55.1. The molecule has 0 amide bonds. The molecule has 1 saturated carbocycles. The van der Waals surface area contributed by atoms with Crippen LogP contribution in [0.15, 0.2) is 0 Å². The summed E-state index contributed by atoms with van der Waals surface area (Å²) < 4.78 is 51.5. The number of alkyl halides is 3. The van der Waals surface area contributed by atoms with E-state index < -0.39 is 41.5 Å². The van der Waals surface area contributed by atoms with Crippen molar-refractivity contribution in [2.24, 2.45) is 17.8 Å². The van der Waals surface area contributed by atoms with E-state index in [1.54, 1.807) is 6.92 Å². The van der Waals surface area contributed by atoms with E-state index in [-0.39, 0.29) is 11.8 Å². The second kappa shape index (κ2) is 4.85. The fourth-order valence-corrected chi connectivity index (χ4v) is 5.33. The molecule has 0 aromatic heterocycles. The van der Waals surface area contributed by atoms with Gasteiger partial charge in [0.15, 0.2) is 18.0 Å². The second-order valence-corrected chi connectivity index (χ2v) is 8.10. The first kappa shape index (κ1) is 17.0. The van der Waals surface area contributed by atoms with Gasteiger partial charge in [0.1, 0.15) is 5.60 Å². The molecule has 1 N–H and O–H groups in total. The maximum absolute atomic E-state index is 13.3. The summed E-state index contributed by atoms with van der Waals surface area (Å²) in [6.45, 7) is 5.09. The van der Waals surface area contributed by atoms with Crippen molar-refractivity contribution >= 4 is 0 Å². The van der Waals surface area contributed by atoms with Gasteiger partial charge in [-0.2, -0.15) is 13.2 Å². The van der Waals surface area contributed by atoms with Gasteiger partial charge in [-0.3, -0.25) is 0 Å². The van der Waals surface area contributed by atoms with Gasteiger partial charge in [0.05, 0.1) is 0 Å². The smallest absolute Gasteiger partial charge is 0.381 e. The minimum Gasteiger partial charge on any atom is -0.381 e. The largest absolute Gasteiger partial charge is 0.417 e. The molecule has 4 aliphatic heterocycles. The van der Waals surface area contributed by atoms with E-state index in [2.05, 4.69) is 6.92 Å². The van der Waals surface area contributed by atoms with Gasteiger partial charge in [-0.05, 0) is 44.9 Å². The highest BCUT2D eigenvalue weighted by molar-refractivity contribution is 5.17. The molecular weight excluding hydrogens is 329 g/mol. The first-order valence-corrected chi connectivity index (χ1v) is 8.50. The molecule has 8 atom stereocenters. The van der Waals surface area contributed by atoms with Crippen molar-refractivity contribution in [2.75, 3.05) is 0 Å². The fraction of sp³-hybridized carbons (Fsp3) is 1.00. The lowest BCUT2D eigenvalue weighted by Gasteiger charge is -2.51. The molecule has 1 spiro atoms. The monoisotopic (exact) mass is 352 g/mol. The summed E-state index contributed by atoms with van der Waals surface area (Å²) in [5.41, 5.74) is -2.93. The number of fused-ring (bicyclic) bond motifs is 2. The van der Waals surface area contributed by atoms with Crippen LogP contribution in [0.2, 0.25) is 0 Å². The summed E-state index contributed by atoms with van der Waals surface area (Å²) in [5.74, 6) is -1.47. The average molecular weight is 352 g/mol. The highest BCUT2D eigenvalue weighted by Crippen LogP contribution is 2.64. The molecule has 1 unspecified atom stereocenters. The third-order valence-electron chi connectivity index (χ3n) is 6.62. The molecule has 0 radical (unpaired) electrons. The predicted molar refractivity (Wildman–Crippen MR) is 74.3 cm³/mol. The molecule has 5 nitrogen and oxygen atoms in total. The summed E-state index contributed by atoms with van der Waals surface area (Å²) >= 11 is 0. The van der Waals surface area contributed by atoms with E-state index in [1.165, 1.54) is 6.92 Å². The van der Waals surface area contributed by atoms with E-state index in [4.69, 9.17) is 19.2 Å². The van der Waals surface area contributed by atoms with Crippen molar-refractivity contribution in [3.63, 3.8) is 0 Å². The Morgan fingerprint density at radius 2 is 1.79 bits per heavy atom. The number of ether oxygens (including phenoxy) is 2. The highest BCUT2D eigenvalue weighted by atomic mass is 19.4. The van der Waals surface area contributed by atoms with Crippen molar-refractivity contribution in [1.82, 2.24) is 0 Å². The first-order valence-electron chi connectivity index (χ1n) is 8.50. The highest BCUT2D eigenvalue weighted by Gasteiger charge is 2.77. The molecule has 5 aliphatic rings. The van der Waals surface area contributed by atoms with Crippen LogP contribution in [0.25, 0.3) is 0 Å². The lowest BCUT2D eigenvalue weighted by atomic mass is 9.59. The molecule has 2 bridgehead atoms. The SMILES string of the molecule is C[C@@H]1CC[C@@H]2[C@]34OO[C@](C)(CC[C@@H]13)O[C@H]4O[C@]2(C)C(O)C(F)(F)F. The van der Waals surface area contributed by atoms with E-state index in [0.717, 1.165) is 12.8 Å². The molecular formula is C16H23F3O5. The summed E-state index contributed by atoms with van der Waals surface area (Å²) in [6, 6.07) is 0. The topological polar surface area (TPSA) is 57.2 Å². The standard InChI is InChI=1S/C16H23F3O5/c1-8-4-5-10-14(3,11(20)16(17,18)19)22-12-15(10)9(8)6-7-13(2,21-12)23-24-15/h8-12,20H,4-7H2,1-3H3/t8-,9+,10+,11?,12+,13-,14+,15-/m1/s1. The van der Waals surface area contributed by atoms with Gasteiger partial charge in [-0.25, -0.2) is 9.78 Å². The van der Waals surface area contributed by atoms with Crippen LogP contribution in [-0.4, -0.2) is 40.7 Å². The van der Waals surface area contributed by atoms with Gasteiger partial charge in [0.2, 0.25) is 5.79 Å². The van der Waals surface area contributed by atoms with Crippen LogP contribution in [0.3, 0.4) is 0 Å². The number of aliphatic hydroxyl groups is 1. The molecule has 138 valence electrons. The van der Waals surface area contributed by atoms with Crippen LogP contribution in [-0.2, 0) is 19.2 Å². The van der Waals surface area contributed by atoms with Crippen LogP contribution < -0.4 is 0 Å². The van der Waals surface area contributed by atoms with Gasteiger partial charge in [0, 0.05) is 12.3 Å². The van der Waals surface area contributed by atoms with E-state index >= 15 is 0 Å². The van der Waals surface area contributed by atoms with Gasteiger partial charge in [0.25, 0.3) is 0 Å². The Hall–Kier alpha value is -0.410. The zero-order chi connectivity index (χ0) is 17.5. The van der Waals surface area contributed by atoms with Gasteiger partial charge in [-0.15, -0.1) is 0 Å². The molecule has 5 fully saturated rings. The minimum atomic E-state index is -4.78. The number of hydrogen-bond donors (Lipinski definition) is 1. The summed E-state index contributed by atoms with van der Waals surface area (Å²) in [6.07, 6.45) is -5.82. The van der Waals surface area contributed by atoms with Crippen molar-refractivity contribution in [2.45, 2.75) is 82.0 Å². The first-order chi connectivity index (χ1) is 11.0. The van der Waals surface area contributed by atoms with Crippen LogP contribution in [0.5, 0.6) is 0 Å². The molecule has 4 saturated heterocycles. The predicted octanol–water partition coefficient (Wildman–Crippen LogP) is 2.91. The molecule has 1 aliphatic carbocycles. The van der Waals surface area contributed by atoms with Crippen molar-refractivity contribution in [3.05, 3.63) is 0 Å². The Balaban J connectivity index is 1.81. The maximum atomic E-state index is 13.3. The lowest BCUT2D eigenvalue weighted by molar-refractivity contribution is -0.541. The summed E-state index contributed by atoms with van der Waals surface area (Å²) in [4.78, 5) is 11.3. The molecule has 24 heavy (non-hydrogen) atoms. The average Bonchev–Trinajstić information content (AvgIpc) is 2.58. The zero-order valence-corrected chi connectivity index (χ0v) is 13.9. The summed E-state index contributed by atoms with van der Waals surface area (Å²) in [7, 11) is 0. The van der Waals surface area contributed by atoms with E-state index in [1.807, 2.05) is 0 Å². The Morgan fingerprint density at radius 3 is 2.46 bits per heavy atom. The third-order valence-corrected chi connectivity index (χ3v) is 6.62. The Bertz CT molecular complexity index is 542. The van der Waals surface area contributed by atoms with Crippen molar-refractivity contribution in [3.8, 4) is 0 Å². The maximum Gasteiger partial charge on any atom is 0.417 e. The number of rotatable bonds is 1. The van der Waals surface area contributed by atoms with Gasteiger partial charge >= 0.3 is 6.18 Å². The number of hydrogen-bond acceptors (Lipinski definition) is 5. The Kier molecular flexibility index (Phi) is 3.44. The van der Waals surface area contributed by atoms with Crippen LogP contribution in [0.1, 0.15) is 46.5 Å². The lowest BCUT2D eigenvalue weighted by Crippen LogP contribution is -2.63. The number of halogens is 3. The molecule has 0 aromatic carbocycles. The van der Waals surface area contributed by atoms with Crippen LogP contribution in [0.4, 0.5) is 13.2 Å². The van der Waals surface area contributed by atoms with Gasteiger partial charge < -0.3 is 14.6 Å². The number of aliphatic hydroxyl groups excluding tert-OH is 1. The van der Waals surface area contributed by atoms with E-state index in [9.17, 15) is 18.3 Å². The third kappa shape index (κ3) is 2.00. The summed E-state index contributed by atoms with van der Waals surface area (Å²) in [5, 5.41) is 10.0. The van der Waals surface area contributed by atoms with Crippen LogP contribution in [0, 0.1) is 17.8 Å². The fourth-order valence-electron chi connectivity index (χ4n) is 5.33. The minimum absolute atomic E-state index is 0.0344. The Labute approximate surface area is 138 Å². The Morgan fingerprint density at radius 1 is 1.08 bits per heavy atom. The van der Waals surface area contributed by atoms with Gasteiger partial charge in [-0.1, -0.05) is 6.92 Å². The van der Waals surface area contributed by atoms with Crippen molar-refractivity contribution in [1.29, 1.82) is 0 Å². The molecule has 8 heteroatoms. The zero-order valence-electron chi connectivity index (χ0n) is 13.9. The van der Waals surface area contributed by atoms with Crippen molar-refractivity contribution < 1.29 is 37.5 Å². The van der Waals surface area contributed by atoms with E-state index in [0.29, 0.717) is 12.8 Å². The quantitative estimate of drug-likeness (QED) is 0.736. The second-order valence-electron chi connectivity index (χ2n) is 8.10. The molecule has 4 heterocycles. The van der Waals surface area contributed by atoms with Crippen LogP contribution >= 0.6 is 0 Å². The molecule has 5 rings (SSSR count).